The maximum Gasteiger partial charge on any atom is 0.258 e. The van der Waals surface area contributed by atoms with Crippen molar-refractivity contribution >= 4 is 15.9 Å². The zero-order chi connectivity index (χ0) is 21.6. The van der Waals surface area contributed by atoms with Crippen molar-refractivity contribution < 1.29 is 22.3 Å². The predicted octanol–water partition coefficient (Wildman–Crippen LogP) is 3.32. The van der Waals surface area contributed by atoms with E-state index in [1.165, 1.54) is 30.3 Å². The molecule has 0 radical (unpaired) electrons. The van der Waals surface area contributed by atoms with Gasteiger partial charge >= 0.3 is 0 Å². The summed E-state index contributed by atoms with van der Waals surface area (Å²) in [6, 6.07) is 10.1. The molecular formula is C21H27FN2O4S. The van der Waals surface area contributed by atoms with E-state index in [2.05, 4.69) is 10.0 Å². The number of rotatable bonds is 9. The van der Waals surface area contributed by atoms with Gasteiger partial charge in [0.2, 0.25) is 10.0 Å². The zero-order valence-electron chi connectivity index (χ0n) is 17.0. The standard InChI is InChI=1S/C21H27FN2O4S/c1-14(2)12-23-29(26,27)19-9-10-20(15(3)11-19)28-13-21(25)24-16(4)17-5-7-18(22)8-6-17/h5-11,14,16,23H,12-13H2,1-4H3,(H,24,25)/t16-/m0/s1. The van der Waals surface area contributed by atoms with Crippen LogP contribution in [0.15, 0.2) is 47.4 Å². The monoisotopic (exact) mass is 422 g/mol. The average Bonchev–Trinajstić information content (AvgIpc) is 2.66. The molecule has 0 bridgehead atoms. The maximum atomic E-state index is 13.0. The second-order valence-corrected chi connectivity index (χ2v) is 9.07. The molecule has 0 aromatic heterocycles. The van der Waals surface area contributed by atoms with Gasteiger partial charge in [0.05, 0.1) is 10.9 Å². The number of nitrogens with one attached hydrogen (secondary N) is 2. The molecule has 1 amide bonds. The van der Waals surface area contributed by atoms with Crippen LogP contribution in [0.1, 0.15) is 37.9 Å². The largest absolute Gasteiger partial charge is 0.484 e. The molecule has 1 atom stereocenters. The quantitative estimate of drug-likeness (QED) is 0.649. The first-order valence-electron chi connectivity index (χ1n) is 9.36. The number of carbonyl (C=O) groups is 1. The number of hydrogen-bond acceptors (Lipinski definition) is 4. The highest BCUT2D eigenvalue weighted by Crippen LogP contribution is 2.22. The summed E-state index contributed by atoms with van der Waals surface area (Å²) in [5.74, 6) is -0.0471. The minimum absolute atomic E-state index is 0.150. The van der Waals surface area contributed by atoms with Gasteiger partial charge < -0.3 is 10.1 Å². The highest BCUT2D eigenvalue weighted by atomic mass is 32.2. The van der Waals surface area contributed by atoms with E-state index in [1.807, 2.05) is 13.8 Å². The second kappa shape index (κ2) is 9.84. The van der Waals surface area contributed by atoms with Crippen LogP contribution >= 0.6 is 0 Å². The van der Waals surface area contributed by atoms with Crippen LogP contribution in [0.25, 0.3) is 0 Å². The number of sulfonamides is 1. The van der Waals surface area contributed by atoms with E-state index in [4.69, 9.17) is 4.74 Å². The topological polar surface area (TPSA) is 84.5 Å². The van der Waals surface area contributed by atoms with Crippen LogP contribution in [0.2, 0.25) is 0 Å². The SMILES string of the molecule is Cc1cc(S(=O)(=O)NCC(C)C)ccc1OCC(=O)N[C@@H](C)c1ccc(F)cc1. The molecule has 2 aromatic carbocycles. The summed E-state index contributed by atoms with van der Waals surface area (Å²) >= 11 is 0. The molecule has 0 aliphatic rings. The lowest BCUT2D eigenvalue weighted by molar-refractivity contribution is -0.123. The van der Waals surface area contributed by atoms with Crippen LogP contribution in [0.5, 0.6) is 5.75 Å². The molecule has 0 spiro atoms. The fourth-order valence-electron chi connectivity index (χ4n) is 2.57. The van der Waals surface area contributed by atoms with Crippen molar-refractivity contribution in [2.24, 2.45) is 5.92 Å². The van der Waals surface area contributed by atoms with Crippen LogP contribution in [0.4, 0.5) is 4.39 Å². The van der Waals surface area contributed by atoms with Crippen molar-refractivity contribution in [2.45, 2.75) is 38.6 Å². The molecule has 6 nitrogen and oxygen atoms in total. The summed E-state index contributed by atoms with van der Waals surface area (Å²) in [5, 5.41) is 2.78. The van der Waals surface area contributed by atoms with Crippen molar-refractivity contribution in [1.82, 2.24) is 10.0 Å². The Morgan fingerprint density at radius 1 is 1.10 bits per heavy atom. The van der Waals surface area contributed by atoms with Gasteiger partial charge in [0, 0.05) is 6.54 Å². The van der Waals surface area contributed by atoms with E-state index in [1.54, 1.807) is 26.0 Å². The fourth-order valence-corrected chi connectivity index (χ4v) is 3.87. The van der Waals surface area contributed by atoms with Gasteiger partial charge in [-0.25, -0.2) is 17.5 Å². The normalized spacial score (nSPS) is 12.6. The molecule has 2 N–H and O–H groups in total. The van der Waals surface area contributed by atoms with Gasteiger partial charge in [-0.05, 0) is 61.2 Å². The van der Waals surface area contributed by atoms with Crippen molar-refractivity contribution in [3.05, 3.63) is 59.4 Å². The minimum Gasteiger partial charge on any atom is -0.484 e. The third-order valence-corrected chi connectivity index (χ3v) is 5.67. The van der Waals surface area contributed by atoms with Crippen molar-refractivity contribution in [3.63, 3.8) is 0 Å². The van der Waals surface area contributed by atoms with Crippen LogP contribution in [-0.4, -0.2) is 27.5 Å². The summed E-state index contributed by atoms with van der Waals surface area (Å²) in [7, 11) is -3.59. The highest BCUT2D eigenvalue weighted by molar-refractivity contribution is 7.89. The number of halogens is 1. The zero-order valence-corrected chi connectivity index (χ0v) is 17.8. The molecule has 0 saturated heterocycles. The van der Waals surface area contributed by atoms with Crippen LogP contribution < -0.4 is 14.8 Å². The van der Waals surface area contributed by atoms with E-state index in [9.17, 15) is 17.6 Å². The first kappa shape index (κ1) is 22.8. The summed E-state index contributed by atoms with van der Waals surface area (Å²) in [6.07, 6.45) is 0. The van der Waals surface area contributed by atoms with Gasteiger partial charge in [0.1, 0.15) is 11.6 Å². The Hall–Kier alpha value is -2.45. The Morgan fingerprint density at radius 2 is 1.76 bits per heavy atom. The third kappa shape index (κ3) is 6.83. The molecule has 158 valence electrons. The van der Waals surface area contributed by atoms with Gasteiger partial charge in [-0.2, -0.15) is 0 Å². The molecule has 0 aliphatic heterocycles. The van der Waals surface area contributed by atoms with Crippen LogP contribution in [-0.2, 0) is 14.8 Å². The molecule has 2 aromatic rings. The summed E-state index contributed by atoms with van der Waals surface area (Å²) in [5.41, 5.74) is 1.39. The number of benzene rings is 2. The molecule has 8 heteroatoms. The summed E-state index contributed by atoms with van der Waals surface area (Å²) in [6.45, 7) is 7.49. The first-order valence-corrected chi connectivity index (χ1v) is 10.8. The van der Waals surface area contributed by atoms with Crippen molar-refractivity contribution in [3.8, 4) is 5.75 Å². The lowest BCUT2D eigenvalue weighted by Crippen LogP contribution is -2.31. The highest BCUT2D eigenvalue weighted by Gasteiger charge is 2.16. The van der Waals surface area contributed by atoms with E-state index in [0.29, 0.717) is 17.9 Å². The van der Waals surface area contributed by atoms with E-state index in [0.717, 1.165) is 5.56 Å². The second-order valence-electron chi connectivity index (χ2n) is 7.30. The minimum atomic E-state index is -3.59. The third-order valence-electron chi connectivity index (χ3n) is 4.24. The van der Waals surface area contributed by atoms with Gasteiger partial charge in [0.15, 0.2) is 6.61 Å². The molecule has 0 unspecified atom stereocenters. The lowest BCUT2D eigenvalue weighted by atomic mass is 10.1. The van der Waals surface area contributed by atoms with Gasteiger partial charge in [-0.15, -0.1) is 0 Å². The van der Waals surface area contributed by atoms with E-state index < -0.39 is 10.0 Å². The van der Waals surface area contributed by atoms with Crippen molar-refractivity contribution in [2.75, 3.05) is 13.2 Å². The number of carbonyl (C=O) groups excluding carboxylic acids is 1. The smallest absolute Gasteiger partial charge is 0.258 e. The van der Waals surface area contributed by atoms with Gasteiger partial charge in [-0.1, -0.05) is 26.0 Å². The van der Waals surface area contributed by atoms with E-state index in [-0.39, 0.29) is 35.2 Å². The maximum absolute atomic E-state index is 13.0. The Morgan fingerprint density at radius 3 is 2.34 bits per heavy atom. The number of aryl methyl sites for hydroxylation is 1. The van der Waals surface area contributed by atoms with E-state index >= 15 is 0 Å². The predicted molar refractivity (Wildman–Crippen MR) is 110 cm³/mol. The lowest BCUT2D eigenvalue weighted by Gasteiger charge is -2.16. The summed E-state index contributed by atoms with van der Waals surface area (Å²) in [4.78, 5) is 12.3. The first-order chi connectivity index (χ1) is 13.6. The van der Waals surface area contributed by atoms with Gasteiger partial charge in [0.25, 0.3) is 5.91 Å². The molecule has 0 aliphatic carbocycles. The number of amides is 1. The van der Waals surface area contributed by atoms with Gasteiger partial charge in [-0.3, -0.25) is 4.79 Å². The Bertz CT molecular complexity index is 944. The van der Waals surface area contributed by atoms with Crippen LogP contribution in [0.3, 0.4) is 0 Å². The Kier molecular flexibility index (Phi) is 7.75. The molecular weight excluding hydrogens is 395 g/mol. The molecule has 29 heavy (non-hydrogen) atoms. The fraction of sp³-hybridized carbons (Fsp3) is 0.381. The average molecular weight is 423 g/mol. The summed E-state index contributed by atoms with van der Waals surface area (Å²) < 4.78 is 45.7. The Labute approximate surface area is 171 Å². The molecule has 0 heterocycles. The number of hydrogen-bond donors (Lipinski definition) is 2. The molecule has 0 saturated carbocycles. The Balaban J connectivity index is 1.95. The molecule has 0 fully saturated rings. The number of ether oxygens (including phenoxy) is 1. The molecule has 2 rings (SSSR count). The van der Waals surface area contributed by atoms with Crippen molar-refractivity contribution in [1.29, 1.82) is 0 Å². The van der Waals surface area contributed by atoms with Crippen LogP contribution in [0, 0.1) is 18.7 Å².